The van der Waals surface area contributed by atoms with E-state index in [2.05, 4.69) is 20.8 Å². The van der Waals surface area contributed by atoms with Crippen LogP contribution in [0.25, 0.3) is 16.7 Å². The van der Waals surface area contributed by atoms with Gasteiger partial charge < -0.3 is 10.6 Å². The second-order valence-corrected chi connectivity index (χ2v) is 10.6. The molecule has 2 aromatic carbocycles. The maximum Gasteiger partial charge on any atom is 0.262 e. The van der Waals surface area contributed by atoms with Gasteiger partial charge in [0.2, 0.25) is 11.7 Å². The summed E-state index contributed by atoms with van der Waals surface area (Å²) in [7, 11) is 0. The molecule has 2 heterocycles. The Bertz CT molecular complexity index is 1510. The third-order valence-corrected chi connectivity index (χ3v) is 6.97. The number of hydrogen-bond acceptors (Lipinski definition) is 6. The Labute approximate surface area is 219 Å². The van der Waals surface area contributed by atoms with E-state index in [-0.39, 0.29) is 35.1 Å². The molecule has 0 saturated heterocycles. The number of carbonyl (C=O) groups excluding carboxylic acids is 2. The lowest BCUT2D eigenvalue weighted by atomic mass is 10.1. The molecule has 0 radical (unpaired) electrons. The molecule has 1 atom stereocenters. The number of thioether (sulfide) groups is 1. The molecule has 0 unspecified atom stereocenters. The molecule has 9 nitrogen and oxygen atoms in total. The van der Waals surface area contributed by atoms with E-state index in [1.807, 2.05) is 58.9 Å². The van der Waals surface area contributed by atoms with Crippen molar-refractivity contribution < 1.29 is 9.59 Å². The van der Waals surface area contributed by atoms with Crippen LogP contribution in [0.3, 0.4) is 0 Å². The van der Waals surface area contributed by atoms with Crippen LogP contribution < -0.4 is 16.2 Å². The summed E-state index contributed by atoms with van der Waals surface area (Å²) in [5.41, 5.74) is 2.61. The van der Waals surface area contributed by atoms with Gasteiger partial charge in [-0.25, -0.2) is 0 Å². The van der Waals surface area contributed by atoms with Crippen molar-refractivity contribution in [3.63, 3.8) is 0 Å². The number of nitrogens with one attached hydrogen (secondary N) is 2. The van der Waals surface area contributed by atoms with Gasteiger partial charge in [-0.3, -0.25) is 23.4 Å². The van der Waals surface area contributed by atoms with Crippen LogP contribution in [0.1, 0.15) is 50.0 Å². The van der Waals surface area contributed by atoms with E-state index in [9.17, 15) is 14.4 Å². The highest BCUT2D eigenvalue weighted by Gasteiger charge is 2.20. The van der Waals surface area contributed by atoms with Crippen molar-refractivity contribution in [1.82, 2.24) is 24.5 Å². The van der Waals surface area contributed by atoms with Crippen LogP contribution in [0.4, 0.5) is 5.69 Å². The van der Waals surface area contributed by atoms with Gasteiger partial charge >= 0.3 is 0 Å². The Balaban J connectivity index is 1.73. The van der Waals surface area contributed by atoms with Crippen molar-refractivity contribution in [3.05, 3.63) is 63.9 Å². The molecule has 10 heteroatoms. The van der Waals surface area contributed by atoms with Gasteiger partial charge in [-0.1, -0.05) is 50.2 Å². The summed E-state index contributed by atoms with van der Waals surface area (Å²) in [6.45, 7) is 10.4. The largest absolute Gasteiger partial charge is 0.350 e. The van der Waals surface area contributed by atoms with Gasteiger partial charge in [0.1, 0.15) is 0 Å². The van der Waals surface area contributed by atoms with Crippen LogP contribution in [0.2, 0.25) is 0 Å². The Morgan fingerprint density at radius 3 is 2.46 bits per heavy atom. The summed E-state index contributed by atoms with van der Waals surface area (Å²) < 4.78 is 3.37. The van der Waals surface area contributed by atoms with Crippen molar-refractivity contribution >= 4 is 45.9 Å². The molecule has 2 N–H and O–H groups in total. The molecule has 0 saturated carbocycles. The van der Waals surface area contributed by atoms with Gasteiger partial charge in [0.05, 0.1) is 16.7 Å². The number of anilines is 1. The summed E-state index contributed by atoms with van der Waals surface area (Å²) in [5, 5.41) is 15.4. The molecule has 4 aromatic rings. The molecule has 0 spiro atoms. The average Bonchev–Trinajstić information content (AvgIpc) is 3.30. The topological polar surface area (TPSA) is 110 Å². The van der Waals surface area contributed by atoms with Crippen LogP contribution in [-0.4, -0.2) is 42.8 Å². The van der Waals surface area contributed by atoms with Gasteiger partial charge in [-0.05, 0) is 56.5 Å². The average molecular weight is 521 g/mol. The van der Waals surface area contributed by atoms with Crippen molar-refractivity contribution in [2.75, 3.05) is 11.1 Å². The fourth-order valence-corrected chi connectivity index (χ4v) is 4.66. The lowest BCUT2D eigenvalue weighted by Crippen LogP contribution is -2.32. The number of carbonyl (C=O) groups is 2. The molecular weight excluding hydrogens is 488 g/mol. The van der Waals surface area contributed by atoms with E-state index < -0.39 is 0 Å². The van der Waals surface area contributed by atoms with Crippen molar-refractivity contribution in [1.29, 1.82) is 0 Å². The number of rotatable bonds is 9. The number of hydrogen-bond donors (Lipinski definition) is 2. The standard InChI is InChI=1S/C27H32N6O3S/c1-6-18(5)28-24(35)19-9-12-21-22(13-19)33-26(32(25(21)36)14-16(2)3)30-31-27(33)37-15-23(34)29-20-10-7-17(4)8-11-20/h7-13,16,18H,6,14-15H2,1-5H3,(H,28,35)(H,29,34)/t18-/m1/s1. The smallest absolute Gasteiger partial charge is 0.262 e. The second kappa shape index (κ2) is 11.2. The predicted octanol–water partition coefficient (Wildman–Crippen LogP) is 4.27. The highest BCUT2D eigenvalue weighted by molar-refractivity contribution is 7.99. The van der Waals surface area contributed by atoms with E-state index in [0.29, 0.717) is 33.9 Å². The van der Waals surface area contributed by atoms with Crippen LogP contribution >= 0.6 is 11.8 Å². The SMILES string of the molecule is CC[C@@H](C)NC(=O)c1ccc2c(=O)n(CC(C)C)c3nnc(SCC(=O)Nc4ccc(C)cc4)n3c2c1. The zero-order valence-corrected chi connectivity index (χ0v) is 22.6. The number of nitrogens with zero attached hydrogens (tertiary/aromatic N) is 4. The highest BCUT2D eigenvalue weighted by Crippen LogP contribution is 2.23. The second-order valence-electron chi connectivity index (χ2n) is 9.65. The molecule has 2 aromatic heterocycles. The van der Waals surface area contributed by atoms with Crippen molar-refractivity contribution in [2.45, 2.75) is 58.8 Å². The van der Waals surface area contributed by atoms with Crippen LogP contribution in [-0.2, 0) is 11.3 Å². The molecular formula is C27H32N6O3S. The van der Waals surface area contributed by atoms with E-state index in [1.165, 1.54) is 11.8 Å². The third-order valence-electron chi connectivity index (χ3n) is 6.04. The first-order chi connectivity index (χ1) is 17.7. The van der Waals surface area contributed by atoms with Gasteiger partial charge in [-0.2, -0.15) is 0 Å². The first-order valence-corrected chi connectivity index (χ1v) is 13.4. The number of aromatic nitrogens is 4. The fourth-order valence-electron chi connectivity index (χ4n) is 3.92. The van der Waals surface area contributed by atoms with Crippen LogP contribution in [0, 0.1) is 12.8 Å². The van der Waals surface area contributed by atoms with Gasteiger partial charge in [-0.15, -0.1) is 10.2 Å². The van der Waals surface area contributed by atoms with Crippen molar-refractivity contribution in [3.8, 4) is 0 Å². The van der Waals surface area contributed by atoms with Crippen LogP contribution in [0.15, 0.2) is 52.4 Å². The Kier molecular flexibility index (Phi) is 7.97. The molecule has 0 aliphatic carbocycles. The molecule has 194 valence electrons. The summed E-state index contributed by atoms with van der Waals surface area (Å²) in [6.07, 6.45) is 0.806. The minimum atomic E-state index is -0.212. The van der Waals surface area contributed by atoms with E-state index in [4.69, 9.17) is 0 Å². The quantitative estimate of drug-likeness (QED) is 0.319. The lowest BCUT2D eigenvalue weighted by Gasteiger charge is -2.15. The number of fused-ring (bicyclic) bond motifs is 3. The Morgan fingerprint density at radius 1 is 1.05 bits per heavy atom. The highest BCUT2D eigenvalue weighted by atomic mass is 32.2. The first-order valence-electron chi connectivity index (χ1n) is 12.4. The molecule has 2 amide bonds. The van der Waals surface area contributed by atoms with Gasteiger partial charge in [0.25, 0.3) is 11.5 Å². The summed E-state index contributed by atoms with van der Waals surface area (Å²) in [5.74, 6) is 0.294. The molecule has 4 rings (SSSR count). The molecule has 0 aliphatic heterocycles. The summed E-state index contributed by atoms with van der Waals surface area (Å²) >= 11 is 1.23. The zero-order chi connectivity index (χ0) is 26.7. The van der Waals surface area contributed by atoms with Gasteiger partial charge in [0.15, 0.2) is 5.16 Å². The minimum absolute atomic E-state index is 0.0235. The zero-order valence-electron chi connectivity index (χ0n) is 21.7. The maximum absolute atomic E-state index is 13.4. The van der Waals surface area contributed by atoms with E-state index in [1.54, 1.807) is 27.2 Å². The first kappa shape index (κ1) is 26.4. The van der Waals surface area contributed by atoms with Crippen LogP contribution in [0.5, 0.6) is 0 Å². The predicted molar refractivity (Wildman–Crippen MR) is 147 cm³/mol. The normalized spacial score (nSPS) is 12.3. The van der Waals surface area contributed by atoms with Crippen molar-refractivity contribution in [2.24, 2.45) is 5.92 Å². The molecule has 0 bridgehead atoms. The molecule has 0 aliphatic rings. The molecule has 37 heavy (non-hydrogen) atoms. The molecule has 0 fully saturated rings. The van der Waals surface area contributed by atoms with E-state index >= 15 is 0 Å². The maximum atomic E-state index is 13.4. The Hall–Kier alpha value is -3.66. The fraction of sp³-hybridized carbons (Fsp3) is 0.370. The van der Waals surface area contributed by atoms with Gasteiger partial charge in [0, 0.05) is 23.8 Å². The monoisotopic (exact) mass is 520 g/mol. The lowest BCUT2D eigenvalue weighted by molar-refractivity contribution is -0.113. The minimum Gasteiger partial charge on any atom is -0.350 e. The Morgan fingerprint density at radius 2 is 1.78 bits per heavy atom. The summed E-state index contributed by atoms with van der Waals surface area (Å²) in [6, 6.07) is 12.6. The van der Waals surface area contributed by atoms with E-state index in [0.717, 1.165) is 17.7 Å². The number of aryl methyl sites for hydroxylation is 1. The number of amides is 2. The number of benzene rings is 2. The third kappa shape index (κ3) is 5.85. The summed E-state index contributed by atoms with van der Waals surface area (Å²) in [4.78, 5) is 38.9.